The van der Waals surface area contributed by atoms with Crippen molar-refractivity contribution < 1.29 is 4.74 Å². The Balaban J connectivity index is 1.87. The van der Waals surface area contributed by atoms with E-state index in [0.29, 0.717) is 12.6 Å². The van der Waals surface area contributed by atoms with Crippen LogP contribution in [-0.2, 0) is 6.42 Å². The van der Waals surface area contributed by atoms with Gasteiger partial charge in [0.1, 0.15) is 5.75 Å². The third-order valence-electron chi connectivity index (χ3n) is 4.15. The number of anilines is 1. The van der Waals surface area contributed by atoms with Gasteiger partial charge in [0.25, 0.3) is 0 Å². The molecule has 1 aliphatic carbocycles. The third-order valence-corrected chi connectivity index (χ3v) is 4.15. The molecule has 0 aromatic heterocycles. The minimum absolute atomic E-state index is 0.391. The molecule has 110 valence electrons. The number of rotatable bonds is 4. The van der Waals surface area contributed by atoms with Crippen LogP contribution >= 0.6 is 0 Å². The Bertz CT molecular complexity index is 648. The van der Waals surface area contributed by atoms with E-state index >= 15 is 0 Å². The van der Waals surface area contributed by atoms with Crippen LogP contribution in [-0.4, -0.2) is 6.61 Å². The molecular formula is C19H23NO. The second-order valence-electron chi connectivity index (χ2n) is 5.87. The normalized spacial score (nSPS) is 16.6. The summed E-state index contributed by atoms with van der Waals surface area (Å²) in [6.07, 6.45) is 2.31. The van der Waals surface area contributed by atoms with E-state index in [9.17, 15) is 0 Å². The highest BCUT2D eigenvalue weighted by Gasteiger charge is 2.23. The first-order chi connectivity index (χ1) is 10.2. The van der Waals surface area contributed by atoms with Gasteiger partial charge in [-0.25, -0.2) is 0 Å². The maximum absolute atomic E-state index is 5.78. The summed E-state index contributed by atoms with van der Waals surface area (Å²) in [5.41, 5.74) is 6.58. The van der Waals surface area contributed by atoms with Crippen molar-refractivity contribution in [2.45, 2.75) is 39.7 Å². The maximum Gasteiger partial charge on any atom is 0.142 e. The van der Waals surface area contributed by atoms with Crippen molar-refractivity contribution >= 4 is 5.69 Å². The van der Waals surface area contributed by atoms with Crippen LogP contribution in [0.2, 0.25) is 0 Å². The maximum atomic E-state index is 5.78. The van der Waals surface area contributed by atoms with Crippen molar-refractivity contribution in [2.75, 3.05) is 11.9 Å². The molecule has 0 aliphatic heterocycles. The topological polar surface area (TPSA) is 21.3 Å². The lowest BCUT2D eigenvalue weighted by atomic mass is 10.0. The van der Waals surface area contributed by atoms with Gasteiger partial charge in [-0.2, -0.15) is 0 Å². The quantitative estimate of drug-likeness (QED) is 0.869. The Morgan fingerprint density at radius 1 is 1.10 bits per heavy atom. The molecule has 1 N–H and O–H groups in total. The number of hydrogen-bond donors (Lipinski definition) is 1. The van der Waals surface area contributed by atoms with Gasteiger partial charge in [0, 0.05) is 0 Å². The van der Waals surface area contributed by atoms with Gasteiger partial charge in [-0.1, -0.05) is 29.8 Å². The Morgan fingerprint density at radius 2 is 1.86 bits per heavy atom. The van der Waals surface area contributed by atoms with E-state index in [4.69, 9.17) is 4.74 Å². The fourth-order valence-corrected chi connectivity index (χ4v) is 3.08. The van der Waals surface area contributed by atoms with E-state index in [1.807, 2.05) is 6.92 Å². The molecule has 2 aromatic carbocycles. The fourth-order valence-electron chi connectivity index (χ4n) is 3.08. The summed E-state index contributed by atoms with van der Waals surface area (Å²) in [7, 11) is 0. The van der Waals surface area contributed by atoms with Gasteiger partial charge >= 0.3 is 0 Å². The molecular weight excluding hydrogens is 258 g/mol. The predicted molar refractivity (Wildman–Crippen MR) is 88.2 cm³/mol. The monoisotopic (exact) mass is 281 g/mol. The van der Waals surface area contributed by atoms with Crippen molar-refractivity contribution in [3.8, 4) is 5.75 Å². The average molecular weight is 281 g/mol. The number of ether oxygens (including phenoxy) is 1. The van der Waals surface area contributed by atoms with Gasteiger partial charge in [0.15, 0.2) is 0 Å². The summed E-state index contributed by atoms with van der Waals surface area (Å²) in [6.45, 7) is 6.98. The summed E-state index contributed by atoms with van der Waals surface area (Å²) in [6, 6.07) is 13.6. The molecule has 0 bridgehead atoms. The van der Waals surface area contributed by atoms with Crippen molar-refractivity contribution in [1.82, 2.24) is 0 Å². The van der Waals surface area contributed by atoms with Gasteiger partial charge in [-0.05, 0) is 62.4 Å². The zero-order chi connectivity index (χ0) is 14.8. The molecule has 2 heteroatoms. The molecule has 21 heavy (non-hydrogen) atoms. The molecule has 0 spiro atoms. The van der Waals surface area contributed by atoms with Crippen LogP contribution in [0.3, 0.4) is 0 Å². The second kappa shape index (κ2) is 5.80. The highest BCUT2D eigenvalue weighted by atomic mass is 16.5. The van der Waals surface area contributed by atoms with E-state index in [0.717, 1.165) is 24.3 Å². The molecule has 0 fully saturated rings. The average Bonchev–Trinajstić information content (AvgIpc) is 2.84. The van der Waals surface area contributed by atoms with Crippen molar-refractivity contribution in [3.63, 3.8) is 0 Å². The summed E-state index contributed by atoms with van der Waals surface area (Å²) in [5, 5.41) is 3.68. The lowest BCUT2D eigenvalue weighted by Crippen LogP contribution is -2.09. The zero-order valence-corrected chi connectivity index (χ0v) is 13.1. The lowest BCUT2D eigenvalue weighted by molar-refractivity contribution is 0.341. The SMILES string of the molecule is CCOc1cc(C)ccc1NC1CCc2ccc(C)cc21. The largest absolute Gasteiger partial charge is 0.492 e. The van der Waals surface area contributed by atoms with Crippen molar-refractivity contribution in [2.24, 2.45) is 0 Å². The second-order valence-corrected chi connectivity index (χ2v) is 5.87. The summed E-state index contributed by atoms with van der Waals surface area (Å²) >= 11 is 0. The van der Waals surface area contributed by atoms with E-state index in [2.05, 4.69) is 55.6 Å². The highest BCUT2D eigenvalue weighted by Crippen LogP contribution is 2.37. The first kappa shape index (κ1) is 14.0. The zero-order valence-electron chi connectivity index (χ0n) is 13.1. The summed E-state index contributed by atoms with van der Waals surface area (Å²) < 4.78 is 5.78. The van der Waals surface area contributed by atoms with E-state index in [-0.39, 0.29) is 0 Å². The number of hydrogen-bond acceptors (Lipinski definition) is 2. The number of benzene rings is 2. The van der Waals surface area contributed by atoms with Gasteiger partial charge in [0.05, 0.1) is 18.3 Å². The molecule has 2 nitrogen and oxygen atoms in total. The van der Waals surface area contributed by atoms with Crippen LogP contribution in [0.5, 0.6) is 5.75 Å². The molecule has 3 rings (SSSR count). The summed E-state index contributed by atoms with van der Waals surface area (Å²) in [4.78, 5) is 0. The van der Waals surface area contributed by atoms with Gasteiger partial charge in [0.2, 0.25) is 0 Å². The third kappa shape index (κ3) is 2.90. The van der Waals surface area contributed by atoms with Crippen LogP contribution in [0.15, 0.2) is 36.4 Å². The van der Waals surface area contributed by atoms with E-state index in [1.165, 1.54) is 22.3 Å². The first-order valence-electron chi connectivity index (χ1n) is 7.77. The van der Waals surface area contributed by atoms with Crippen molar-refractivity contribution in [1.29, 1.82) is 0 Å². The molecule has 0 amide bonds. The molecule has 0 radical (unpaired) electrons. The predicted octanol–water partition coefficient (Wildman–Crippen LogP) is 4.80. The van der Waals surface area contributed by atoms with Crippen LogP contribution in [0.4, 0.5) is 5.69 Å². The molecule has 1 aliphatic rings. The Kier molecular flexibility index (Phi) is 3.87. The van der Waals surface area contributed by atoms with Gasteiger partial charge < -0.3 is 10.1 Å². The summed E-state index contributed by atoms with van der Waals surface area (Å²) in [5.74, 6) is 0.957. The number of nitrogens with one attached hydrogen (secondary N) is 1. The van der Waals surface area contributed by atoms with Crippen LogP contribution in [0.1, 0.15) is 41.6 Å². The molecule has 1 atom stereocenters. The van der Waals surface area contributed by atoms with Crippen molar-refractivity contribution in [3.05, 3.63) is 58.7 Å². The Hall–Kier alpha value is -1.96. The van der Waals surface area contributed by atoms with Crippen LogP contribution in [0.25, 0.3) is 0 Å². The standard InChI is InChI=1S/C19H23NO/c1-4-21-19-12-14(3)6-9-18(19)20-17-10-8-15-7-5-13(2)11-16(15)17/h5-7,9,11-12,17,20H,4,8,10H2,1-3H3. The molecule has 2 aromatic rings. The van der Waals surface area contributed by atoms with Gasteiger partial charge in [-0.3, -0.25) is 0 Å². The molecule has 0 heterocycles. The Labute approximate surface area is 127 Å². The van der Waals surface area contributed by atoms with E-state index in [1.54, 1.807) is 0 Å². The molecule has 0 saturated heterocycles. The molecule has 1 unspecified atom stereocenters. The smallest absolute Gasteiger partial charge is 0.142 e. The van der Waals surface area contributed by atoms with E-state index < -0.39 is 0 Å². The minimum atomic E-state index is 0.391. The van der Waals surface area contributed by atoms with Crippen LogP contribution in [0, 0.1) is 13.8 Å². The van der Waals surface area contributed by atoms with Gasteiger partial charge in [-0.15, -0.1) is 0 Å². The fraction of sp³-hybridized carbons (Fsp3) is 0.368. The first-order valence-corrected chi connectivity index (χ1v) is 7.77. The Morgan fingerprint density at radius 3 is 2.67 bits per heavy atom. The van der Waals surface area contributed by atoms with Crippen LogP contribution < -0.4 is 10.1 Å². The lowest BCUT2D eigenvalue weighted by Gasteiger charge is -2.19. The minimum Gasteiger partial charge on any atom is -0.492 e. The highest BCUT2D eigenvalue weighted by molar-refractivity contribution is 5.59. The molecule has 0 saturated carbocycles. The number of aryl methyl sites for hydroxylation is 3. The number of fused-ring (bicyclic) bond motifs is 1.